The molecule has 0 spiro atoms. The summed E-state index contributed by atoms with van der Waals surface area (Å²) < 4.78 is 15.5. The van der Waals surface area contributed by atoms with Crippen LogP contribution in [0.1, 0.15) is 32.0 Å². The molecule has 2 heterocycles. The van der Waals surface area contributed by atoms with Crippen LogP contribution in [-0.4, -0.2) is 30.2 Å². The molecular formula is C19H18FN5O. The quantitative estimate of drug-likeness (QED) is 0.693. The summed E-state index contributed by atoms with van der Waals surface area (Å²) in [5.74, 6) is 6.36. The lowest BCUT2D eigenvalue weighted by Gasteiger charge is -2.30. The molecule has 1 aliphatic carbocycles. The van der Waals surface area contributed by atoms with Crippen molar-refractivity contribution in [2.24, 2.45) is 0 Å². The molecule has 0 unspecified atom stereocenters. The van der Waals surface area contributed by atoms with Crippen LogP contribution in [0.4, 0.5) is 10.2 Å². The molecule has 0 bridgehead atoms. The monoisotopic (exact) mass is 351 g/mol. The van der Waals surface area contributed by atoms with E-state index < -0.39 is 5.60 Å². The van der Waals surface area contributed by atoms with Crippen molar-refractivity contribution in [1.29, 1.82) is 0 Å². The minimum atomic E-state index is -0.940. The molecule has 3 N–H and O–H groups in total. The molecule has 1 aliphatic rings. The average molecular weight is 351 g/mol. The number of imidazole rings is 1. The molecule has 1 aromatic carbocycles. The number of benzene rings is 1. The van der Waals surface area contributed by atoms with Crippen molar-refractivity contribution in [2.75, 3.05) is 5.73 Å². The number of aliphatic hydroxyl groups is 1. The molecule has 1 saturated carbocycles. The van der Waals surface area contributed by atoms with E-state index in [2.05, 4.69) is 26.8 Å². The Morgan fingerprint density at radius 3 is 2.77 bits per heavy atom. The third-order valence-corrected chi connectivity index (χ3v) is 4.61. The first-order valence-corrected chi connectivity index (χ1v) is 8.54. The van der Waals surface area contributed by atoms with E-state index in [9.17, 15) is 9.50 Å². The molecule has 0 radical (unpaired) electrons. The molecule has 132 valence electrons. The number of nitrogens with zero attached hydrogens (tertiary/aromatic N) is 4. The maximum atomic E-state index is 13.6. The Morgan fingerprint density at radius 1 is 1.31 bits per heavy atom. The molecule has 7 heteroatoms. The highest BCUT2D eigenvalue weighted by Gasteiger charge is 2.32. The minimum absolute atomic E-state index is 0.213. The van der Waals surface area contributed by atoms with E-state index in [1.165, 1.54) is 12.1 Å². The van der Waals surface area contributed by atoms with Crippen molar-refractivity contribution in [1.82, 2.24) is 19.5 Å². The number of nitrogens with two attached hydrogens (primary N) is 1. The van der Waals surface area contributed by atoms with Gasteiger partial charge in [-0.25, -0.2) is 19.3 Å². The van der Waals surface area contributed by atoms with Crippen LogP contribution in [0.5, 0.6) is 0 Å². The van der Waals surface area contributed by atoms with Crippen LogP contribution in [0.15, 0.2) is 24.3 Å². The van der Waals surface area contributed by atoms with E-state index in [0.717, 1.165) is 6.42 Å². The number of aryl methyl sites for hydroxylation is 1. The van der Waals surface area contributed by atoms with Gasteiger partial charge in [0.05, 0.1) is 0 Å². The lowest BCUT2D eigenvalue weighted by atomic mass is 9.81. The predicted molar refractivity (Wildman–Crippen MR) is 96.5 cm³/mol. The molecule has 1 fully saturated rings. The van der Waals surface area contributed by atoms with Crippen LogP contribution in [0, 0.1) is 17.7 Å². The second-order valence-electron chi connectivity index (χ2n) is 6.43. The summed E-state index contributed by atoms with van der Waals surface area (Å²) >= 11 is 0. The summed E-state index contributed by atoms with van der Waals surface area (Å²) in [4.78, 5) is 13.2. The van der Waals surface area contributed by atoms with E-state index >= 15 is 0 Å². The van der Waals surface area contributed by atoms with Crippen LogP contribution in [0.3, 0.4) is 0 Å². The Balaban J connectivity index is 1.85. The number of hydrogen-bond acceptors (Lipinski definition) is 5. The summed E-state index contributed by atoms with van der Waals surface area (Å²) in [5, 5.41) is 10.1. The van der Waals surface area contributed by atoms with Crippen LogP contribution in [0.25, 0.3) is 22.6 Å². The van der Waals surface area contributed by atoms with Gasteiger partial charge in [-0.2, -0.15) is 0 Å². The first-order valence-electron chi connectivity index (χ1n) is 8.54. The maximum absolute atomic E-state index is 13.6. The molecule has 0 amide bonds. The second-order valence-corrected chi connectivity index (χ2v) is 6.43. The van der Waals surface area contributed by atoms with Crippen LogP contribution in [-0.2, 0) is 6.54 Å². The zero-order valence-corrected chi connectivity index (χ0v) is 14.3. The van der Waals surface area contributed by atoms with Crippen LogP contribution < -0.4 is 5.73 Å². The topological polar surface area (TPSA) is 89.9 Å². The van der Waals surface area contributed by atoms with Crippen molar-refractivity contribution >= 4 is 17.0 Å². The lowest BCUT2D eigenvalue weighted by Crippen LogP contribution is -2.34. The zero-order valence-electron chi connectivity index (χ0n) is 14.3. The first-order chi connectivity index (χ1) is 12.5. The number of rotatable bonds is 2. The van der Waals surface area contributed by atoms with Gasteiger partial charge in [-0.3, -0.25) is 0 Å². The Morgan fingerprint density at radius 2 is 2.12 bits per heavy atom. The summed E-state index contributed by atoms with van der Waals surface area (Å²) in [6.45, 7) is 2.53. The van der Waals surface area contributed by atoms with E-state index in [4.69, 9.17) is 5.73 Å². The SMILES string of the molecule is CCn1c(-c2cccc(F)c2)nc2c(N)nc(C#CC3(O)CCC3)nc21. The van der Waals surface area contributed by atoms with E-state index in [1.54, 1.807) is 12.1 Å². The number of anilines is 1. The normalized spacial score (nSPS) is 15.3. The number of halogens is 1. The van der Waals surface area contributed by atoms with Gasteiger partial charge in [0.2, 0.25) is 5.82 Å². The Labute approximate surface area is 149 Å². The summed E-state index contributed by atoms with van der Waals surface area (Å²) in [5.41, 5.74) is 6.76. The lowest BCUT2D eigenvalue weighted by molar-refractivity contribution is 0.0239. The third kappa shape index (κ3) is 2.78. The van der Waals surface area contributed by atoms with Gasteiger partial charge in [0, 0.05) is 12.1 Å². The molecule has 0 atom stereocenters. The fourth-order valence-corrected chi connectivity index (χ4v) is 3.03. The van der Waals surface area contributed by atoms with Crippen molar-refractivity contribution in [3.8, 4) is 23.2 Å². The minimum Gasteiger partial charge on any atom is -0.382 e. The highest BCUT2D eigenvalue weighted by molar-refractivity contribution is 5.85. The standard InChI is InChI=1S/C19H18FN5O/c1-2-25-17(12-5-3-6-13(20)11-12)24-15-16(21)22-14(23-18(15)25)7-10-19(26)8-4-9-19/h3,5-6,11,26H,2,4,8-9H2,1H3,(H2,21,22,23). The van der Waals surface area contributed by atoms with E-state index in [0.29, 0.717) is 41.9 Å². The summed E-state index contributed by atoms with van der Waals surface area (Å²) in [6.07, 6.45) is 2.29. The Hall–Kier alpha value is -2.98. The predicted octanol–water partition coefficient (Wildman–Crippen LogP) is 2.50. The van der Waals surface area contributed by atoms with Crippen LogP contribution in [0.2, 0.25) is 0 Å². The fraction of sp³-hybridized carbons (Fsp3) is 0.316. The zero-order chi connectivity index (χ0) is 18.3. The number of aromatic nitrogens is 4. The number of nitrogen functional groups attached to an aromatic ring is 1. The molecular weight excluding hydrogens is 333 g/mol. The van der Waals surface area contributed by atoms with Gasteiger partial charge >= 0.3 is 0 Å². The van der Waals surface area contributed by atoms with Gasteiger partial charge in [-0.05, 0) is 44.2 Å². The largest absolute Gasteiger partial charge is 0.382 e. The number of hydrogen-bond donors (Lipinski definition) is 2. The summed E-state index contributed by atoms with van der Waals surface area (Å²) in [7, 11) is 0. The molecule has 2 aromatic heterocycles. The van der Waals surface area contributed by atoms with Crippen molar-refractivity contribution in [2.45, 2.75) is 38.3 Å². The highest BCUT2D eigenvalue weighted by Crippen LogP contribution is 2.31. The first kappa shape index (κ1) is 16.5. The van der Waals surface area contributed by atoms with Gasteiger partial charge in [0.25, 0.3) is 0 Å². The fourth-order valence-electron chi connectivity index (χ4n) is 3.03. The molecule has 0 saturated heterocycles. The van der Waals surface area contributed by atoms with Gasteiger partial charge in [-0.1, -0.05) is 18.1 Å². The van der Waals surface area contributed by atoms with E-state index in [1.807, 2.05) is 11.5 Å². The Kier molecular flexibility index (Phi) is 3.85. The average Bonchev–Trinajstić information content (AvgIpc) is 2.97. The van der Waals surface area contributed by atoms with Crippen molar-refractivity contribution in [3.63, 3.8) is 0 Å². The van der Waals surface area contributed by atoms with Gasteiger partial charge in [0.15, 0.2) is 17.0 Å². The third-order valence-electron chi connectivity index (χ3n) is 4.61. The van der Waals surface area contributed by atoms with Crippen LogP contribution >= 0.6 is 0 Å². The van der Waals surface area contributed by atoms with Crippen molar-refractivity contribution in [3.05, 3.63) is 35.9 Å². The summed E-state index contributed by atoms with van der Waals surface area (Å²) in [6, 6.07) is 6.22. The van der Waals surface area contributed by atoms with Gasteiger partial charge in [0.1, 0.15) is 17.2 Å². The number of fused-ring (bicyclic) bond motifs is 1. The van der Waals surface area contributed by atoms with E-state index in [-0.39, 0.29) is 17.5 Å². The highest BCUT2D eigenvalue weighted by atomic mass is 19.1. The molecule has 6 nitrogen and oxygen atoms in total. The molecule has 26 heavy (non-hydrogen) atoms. The van der Waals surface area contributed by atoms with Gasteiger partial charge in [-0.15, -0.1) is 0 Å². The smallest absolute Gasteiger partial charge is 0.209 e. The molecule has 3 aromatic rings. The second kappa shape index (κ2) is 6.07. The molecule has 4 rings (SSSR count). The van der Waals surface area contributed by atoms with Gasteiger partial charge < -0.3 is 15.4 Å². The van der Waals surface area contributed by atoms with Crippen molar-refractivity contribution < 1.29 is 9.50 Å². The Bertz CT molecular complexity index is 1060. The molecule has 0 aliphatic heterocycles. The maximum Gasteiger partial charge on any atom is 0.209 e.